The first-order valence-corrected chi connectivity index (χ1v) is 9.60. The van der Waals surface area contributed by atoms with Gasteiger partial charge < -0.3 is 5.32 Å². The third-order valence-corrected chi connectivity index (χ3v) is 5.19. The monoisotopic (exact) mass is 397 g/mol. The number of pyridine rings is 1. The van der Waals surface area contributed by atoms with Crippen LogP contribution in [0.25, 0.3) is 5.65 Å². The highest BCUT2D eigenvalue weighted by Crippen LogP contribution is 2.31. The first-order valence-electron chi connectivity index (χ1n) is 9.60. The van der Waals surface area contributed by atoms with Crippen molar-refractivity contribution >= 4 is 11.6 Å². The Morgan fingerprint density at radius 3 is 2.71 bits per heavy atom. The van der Waals surface area contributed by atoms with Crippen LogP contribution in [0.5, 0.6) is 0 Å². The predicted octanol–water partition coefficient (Wildman–Crippen LogP) is 3.09. The first-order chi connectivity index (χ1) is 13.2. The fraction of sp³-hybridized carbons (Fsp3) is 0.632. The number of likely N-dealkylation sites (tertiary alicyclic amines) is 1. The summed E-state index contributed by atoms with van der Waals surface area (Å²) in [7, 11) is 0. The normalized spacial score (nSPS) is 19.9. The van der Waals surface area contributed by atoms with Crippen molar-refractivity contribution in [1.82, 2.24) is 24.8 Å². The van der Waals surface area contributed by atoms with Gasteiger partial charge in [-0.25, -0.2) is 0 Å². The number of carbonyl (C=O) groups excluding carboxylic acids is 1. The highest BCUT2D eigenvalue weighted by molar-refractivity contribution is 5.81. The first kappa shape index (κ1) is 20.6. The van der Waals surface area contributed by atoms with Crippen molar-refractivity contribution in [3.63, 3.8) is 0 Å². The number of amides is 1. The third-order valence-electron chi connectivity index (χ3n) is 5.19. The van der Waals surface area contributed by atoms with Gasteiger partial charge in [-0.2, -0.15) is 13.2 Å². The van der Waals surface area contributed by atoms with Gasteiger partial charge in [-0.1, -0.05) is 13.8 Å². The summed E-state index contributed by atoms with van der Waals surface area (Å²) >= 11 is 0. The van der Waals surface area contributed by atoms with Crippen molar-refractivity contribution in [3.05, 3.63) is 29.7 Å². The Morgan fingerprint density at radius 2 is 2.04 bits per heavy atom. The average molecular weight is 397 g/mol. The molecule has 0 spiro atoms. The maximum atomic E-state index is 13.1. The summed E-state index contributed by atoms with van der Waals surface area (Å²) < 4.78 is 40.7. The van der Waals surface area contributed by atoms with Crippen LogP contribution in [0.2, 0.25) is 0 Å². The maximum Gasteiger partial charge on any atom is 0.417 e. The molecule has 2 atom stereocenters. The SMILES string of the molecule is CC(C)CNC(=O)C(C)N1CCCC(c2nnc3ccc(C(F)(F)F)cn23)C1. The van der Waals surface area contributed by atoms with Crippen molar-refractivity contribution in [2.24, 2.45) is 5.92 Å². The lowest BCUT2D eigenvalue weighted by atomic mass is 9.96. The number of nitrogens with zero attached hydrogens (tertiary/aromatic N) is 4. The average Bonchev–Trinajstić information content (AvgIpc) is 3.08. The van der Waals surface area contributed by atoms with E-state index in [-0.39, 0.29) is 17.9 Å². The molecule has 2 unspecified atom stereocenters. The smallest absolute Gasteiger partial charge is 0.354 e. The molecule has 9 heteroatoms. The second kappa shape index (κ2) is 8.06. The van der Waals surface area contributed by atoms with Gasteiger partial charge in [0, 0.05) is 25.2 Å². The minimum atomic E-state index is -4.42. The minimum absolute atomic E-state index is 0.0280. The molecule has 0 radical (unpaired) electrons. The van der Waals surface area contributed by atoms with Gasteiger partial charge >= 0.3 is 6.18 Å². The predicted molar refractivity (Wildman–Crippen MR) is 98.8 cm³/mol. The summed E-state index contributed by atoms with van der Waals surface area (Å²) in [4.78, 5) is 14.5. The van der Waals surface area contributed by atoms with Gasteiger partial charge in [-0.05, 0) is 44.4 Å². The van der Waals surface area contributed by atoms with E-state index in [0.29, 0.717) is 30.5 Å². The van der Waals surface area contributed by atoms with Crippen molar-refractivity contribution in [3.8, 4) is 0 Å². The van der Waals surface area contributed by atoms with E-state index in [1.807, 2.05) is 20.8 Å². The lowest BCUT2D eigenvalue weighted by molar-refractivity contribution is -0.137. The molecule has 3 rings (SSSR count). The highest BCUT2D eigenvalue weighted by Gasteiger charge is 2.33. The number of piperidine rings is 1. The number of hydrogen-bond acceptors (Lipinski definition) is 4. The van der Waals surface area contributed by atoms with Gasteiger partial charge in [-0.3, -0.25) is 14.1 Å². The Morgan fingerprint density at radius 1 is 1.29 bits per heavy atom. The van der Waals surface area contributed by atoms with Crippen molar-refractivity contribution < 1.29 is 18.0 Å². The van der Waals surface area contributed by atoms with E-state index >= 15 is 0 Å². The fourth-order valence-corrected chi connectivity index (χ4v) is 3.54. The topological polar surface area (TPSA) is 62.5 Å². The zero-order chi connectivity index (χ0) is 20.5. The number of alkyl halides is 3. The standard InChI is InChI=1S/C19H26F3N5O/c1-12(2)9-23-18(28)13(3)26-8-4-5-14(10-26)17-25-24-16-7-6-15(11-27(16)17)19(20,21)22/h6-7,11-14H,4-5,8-10H2,1-3H3,(H,23,28). The van der Waals surface area contributed by atoms with Crippen LogP contribution >= 0.6 is 0 Å². The molecule has 1 fully saturated rings. The molecule has 2 aromatic rings. The summed E-state index contributed by atoms with van der Waals surface area (Å²) in [5, 5.41) is 11.1. The van der Waals surface area contributed by atoms with E-state index in [2.05, 4.69) is 20.4 Å². The molecule has 1 saturated heterocycles. The molecule has 1 amide bonds. The van der Waals surface area contributed by atoms with Gasteiger partial charge in [0.1, 0.15) is 5.82 Å². The number of halogens is 3. The zero-order valence-corrected chi connectivity index (χ0v) is 16.3. The molecule has 0 saturated carbocycles. The van der Waals surface area contributed by atoms with Crippen LogP contribution in [-0.2, 0) is 11.0 Å². The van der Waals surface area contributed by atoms with Crippen LogP contribution < -0.4 is 5.32 Å². The van der Waals surface area contributed by atoms with Crippen LogP contribution in [0.3, 0.4) is 0 Å². The molecule has 0 aromatic carbocycles. The molecule has 0 bridgehead atoms. The molecule has 2 aromatic heterocycles. The Labute approximate surface area is 162 Å². The van der Waals surface area contributed by atoms with E-state index in [1.54, 1.807) is 0 Å². The summed E-state index contributed by atoms with van der Waals surface area (Å²) in [6.07, 6.45) is -1.71. The second-order valence-corrected chi connectivity index (χ2v) is 7.85. The summed E-state index contributed by atoms with van der Waals surface area (Å²) in [5.74, 6) is 0.781. The number of rotatable bonds is 5. The van der Waals surface area contributed by atoms with Crippen LogP contribution in [0.15, 0.2) is 18.3 Å². The Hall–Kier alpha value is -2.16. The minimum Gasteiger partial charge on any atom is -0.354 e. The number of nitrogens with one attached hydrogen (secondary N) is 1. The zero-order valence-electron chi connectivity index (χ0n) is 16.3. The summed E-state index contributed by atoms with van der Waals surface area (Å²) in [5.41, 5.74) is -0.335. The number of carbonyl (C=O) groups is 1. The molecule has 6 nitrogen and oxygen atoms in total. The van der Waals surface area contributed by atoms with Gasteiger partial charge in [0.2, 0.25) is 5.91 Å². The molecule has 1 N–H and O–H groups in total. The van der Waals surface area contributed by atoms with Gasteiger partial charge in [0.15, 0.2) is 5.65 Å². The lowest BCUT2D eigenvalue weighted by Gasteiger charge is -2.35. The van der Waals surface area contributed by atoms with E-state index in [0.717, 1.165) is 31.6 Å². The quantitative estimate of drug-likeness (QED) is 0.842. The van der Waals surface area contributed by atoms with E-state index in [4.69, 9.17) is 0 Å². The molecule has 1 aliphatic rings. The molecule has 3 heterocycles. The van der Waals surface area contributed by atoms with E-state index < -0.39 is 11.7 Å². The van der Waals surface area contributed by atoms with E-state index in [1.165, 1.54) is 10.5 Å². The molecule has 28 heavy (non-hydrogen) atoms. The number of fused-ring (bicyclic) bond motifs is 1. The van der Waals surface area contributed by atoms with Gasteiger partial charge in [0.25, 0.3) is 0 Å². The van der Waals surface area contributed by atoms with Crippen LogP contribution in [-0.4, -0.2) is 51.1 Å². The van der Waals surface area contributed by atoms with Crippen molar-refractivity contribution in [2.75, 3.05) is 19.6 Å². The van der Waals surface area contributed by atoms with Gasteiger partial charge in [-0.15, -0.1) is 10.2 Å². The summed E-state index contributed by atoms with van der Waals surface area (Å²) in [6.45, 7) is 7.89. The van der Waals surface area contributed by atoms with Crippen molar-refractivity contribution in [2.45, 2.75) is 51.7 Å². The molecule has 154 valence electrons. The number of hydrogen-bond donors (Lipinski definition) is 1. The molecular formula is C19H26F3N5O. The molecule has 1 aliphatic heterocycles. The van der Waals surface area contributed by atoms with Crippen LogP contribution in [0, 0.1) is 5.92 Å². The maximum absolute atomic E-state index is 13.1. The lowest BCUT2D eigenvalue weighted by Crippen LogP contribution is -2.49. The number of aromatic nitrogens is 3. The van der Waals surface area contributed by atoms with Crippen LogP contribution in [0.4, 0.5) is 13.2 Å². The Kier molecular flexibility index (Phi) is 5.92. The van der Waals surface area contributed by atoms with E-state index in [9.17, 15) is 18.0 Å². The Balaban J connectivity index is 1.78. The Bertz CT molecular complexity index is 833. The summed E-state index contributed by atoms with van der Waals surface area (Å²) in [6, 6.07) is 2.05. The highest BCUT2D eigenvalue weighted by atomic mass is 19.4. The largest absolute Gasteiger partial charge is 0.417 e. The van der Waals surface area contributed by atoms with Crippen molar-refractivity contribution in [1.29, 1.82) is 0 Å². The second-order valence-electron chi connectivity index (χ2n) is 7.85. The third kappa shape index (κ3) is 4.45. The van der Waals surface area contributed by atoms with Gasteiger partial charge in [0.05, 0.1) is 11.6 Å². The fourth-order valence-electron chi connectivity index (χ4n) is 3.54. The molecular weight excluding hydrogens is 371 g/mol. The molecule has 0 aliphatic carbocycles. The van der Waals surface area contributed by atoms with Crippen LogP contribution in [0.1, 0.15) is 50.9 Å².